The molecule has 0 radical (unpaired) electrons. The third-order valence-corrected chi connectivity index (χ3v) is 5.79. The lowest BCUT2D eigenvalue weighted by Crippen LogP contribution is -2.44. The number of nitrogens with one attached hydrogen (secondary N) is 1. The fourth-order valence-corrected chi connectivity index (χ4v) is 4.33. The Morgan fingerprint density at radius 1 is 1.39 bits per heavy atom. The standard InChI is InChI=1S/C17H23N3O3/c1-19-13-8-20-12(3-2-4-14(20)22)16(19)15(11(13)9-21)17(23)18-7-10-5-6-10/h2-4,10-11,13,15-16,21H,5-9H2,1H3,(H,18,23)/t11-,13-,15+,16+/m0/s1. The number of carbonyl (C=O) groups is 1. The van der Waals surface area contributed by atoms with Crippen molar-refractivity contribution in [3.8, 4) is 0 Å². The van der Waals surface area contributed by atoms with Gasteiger partial charge in [-0.15, -0.1) is 0 Å². The SMILES string of the molecule is CN1[C@@H]2c3cccc(=O)n3C[C@H]1[C@H](CO)[C@H]2C(=O)NCC1CC1. The third kappa shape index (κ3) is 2.32. The molecular formula is C17H23N3O3. The van der Waals surface area contributed by atoms with Crippen LogP contribution in [0, 0.1) is 17.8 Å². The second kappa shape index (κ2) is 5.46. The highest BCUT2D eigenvalue weighted by Crippen LogP contribution is 2.47. The molecule has 2 N–H and O–H groups in total. The summed E-state index contributed by atoms with van der Waals surface area (Å²) in [6, 6.07) is 5.13. The molecule has 2 bridgehead atoms. The minimum absolute atomic E-state index is 0.0139. The number of aromatic nitrogens is 1. The van der Waals surface area contributed by atoms with Gasteiger partial charge in [-0.1, -0.05) is 6.07 Å². The van der Waals surface area contributed by atoms with Crippen molar-refractivity contribution < 1.29 is 9.90 Å². The van der Waals surface area contributed by atoms with Gasteiger partial charge in [-0.05, 0) is 31.9 Å². The molecule has 3 aliphatic rings. The zero-order valence-corrected chi connectivity index (χ0v) is 13.3. The van der Waals surface area contributed by atoms with Crippen molar-refractivity contribution in [2.45, 2.75) is 31.5 Å². The first-order valence-electron chi connectivity index (χ1n) is 8.42. The molecule has 0 unspecified atom stereocenters. The molecule has 0 spiro atoms. The molecule has 23 heavy (non-hydrogen) atoms. The highest BCUT2D eigenvalue weighted by molar-refractivity contribution is 5.80. The maximum atomic E-state index is 12.8. The Bertz CT molecular complexity index is 682. The van der Waals surface area contributed by atoms with Crippen LogP contribution in [0.3, 0.4) is 0 Å². The van der Waals surface area contributed by atoms with Gasteiger partial charge in [0.1, 0.15) is 0 Å². The average molecular weight is 317 g/mol. The fraction of sp³-hybridized carbons (Fsp3) is 0.647. The predicted octanol–water partition coefficient (Wildman–Crippen LogP) is -0.0321. The van der Waals surface area contributed by atoms with Crippen molar-refractivity contribution in [2.75, 3.05) is 20.2 Å². The van der Waals surface area contributed by atoms with Gasteiger partial charge in [0.25, 0.3) is 5.56 Å². The van der Waals surface area contributed by atoms with Crippen LogP contribution in [0.5, 0.6) is 0 Å². The van der Waals surface area contributed by atoms with E-state index in [4.69, 9.17) is 0 Å². The Balaban J connectivity index is 1.69. The molecule has 2 fully saturated rings. The topological polar surface area (TPSA) is 74.6 Å². The Hall–Kier alpha value is -1.66. The largest absolute Gasteiger partial charge is 0.396 e. The Kier molecular flexibility index (Phi) is 3.54. The van der Waals surface area contributed by atoms with E-state index in [-0.39, 0.29) is 42.0 Å². The van der Waals surface area contributed by atoms with Crippen LogP contribution in [0.1, 0.15) is 24.6 Å². The van der Waals surface area contributed by atoms with E-state index in [9.17, 15) is 14.7 Å². The molecule has 4 atom stereocenters. The predicted molar refractivity (Wildman–Crippen MR) is 84.8 cm³/mol. The molecule has 0 aromatic carbocycles. The summed E-state index contributed by atoms with van der Waals surface area (Å²) in [6.07, 6.45) is 2.39. The smallest absolute Gasteiger partial charge is 0.250 e. The molecule has 6 heteroatoms. The van der Waals surface area contributed by atoms with Crippen LogP contribution in [0.15, 0.2) is 23.0 Å². The van der Waals surface area contributed by atoms with Crippen LogP contribution in [-0.2, 0) is 11.3 Å². The van der Waals surface area contributed by atoms with Crippen molar-refractivity contribution >= 4 is 5.91 Å². The number of nitrogens with zero attached hydrogens (tertiary/aromatic N) is 2. The van der Waals surface area contributed by atoms with Crippen LogP contribution in [-0.4, -0.2) is 46.7 Å². The van der Waals surface area contributed by atoms with Crippen LogP contribution >= 0.6 is 0 Å². The highest BCUT2D eigenvalue weighted by atomic mass is 16.3. The number of aliphatic hydroxyl groups excluding tert-OH is 1. The normalized spacial score (nSPS) is 32.6. The summed E-state index contributed by atoms with van der Waals surface area (Å²) in [5.74, 6) is 0.202. The van der Waals surface area contributed by atoms with Crippen molar-refractivity contribution in [3.05, 3.63) is 34.2 Å². The second-order valence-electron chi connectivity index (χ2n) is 7.14. The summed E-state index contributed by atoms with van der Waals surface area (Å²) >= 11 is 0. The lowest BCUT2D eigenvalue weighted by molar-refractivity contribution is -0.127. The highest BCUT2D eigenvalue weighted by Gasteiger charge is 2.54. The zero-order valence-electron chi connectivity index (χ0n) is 13.3. The first-order chi connectivity index (χ1) is 11.1. The molecule has 1 amide bonds. The van der Waals surface area contributed by atoms with E-state index in [2.05, 4.69) is 10.2 Å². The number of hydrogen-bond acceptors (Lipinski definition) is 4. The van der Waals surface area contributed by atoms with Crippen LogP contribution in [0.4, 0.5) is 0 Å². The van der Waals surface area contributed by atoms with Crippen LogP contribution in [0.25, 0.3) is 0 Å². The Morgan fingerprint density at radius 2 is 2.17 bits per heavy atom. The number of aliphatic hydroxyl groups is 1. The Labute approximate surface area is 135 Å². The maximum Gasteiger partial charge on any atom is 0.250 e. The maximum absolute atomic E-state index is 12.8. The first kappa shape index (κ1) is 14.9. The van der Waals surface area contributed by atoms with Crippen molar-refractivity contribution in [2.24, 2.45) is 17.8 Å². The zero-order chi connectivity index (χ0) is 16.1. The van der Waals surface area contributed by atoms with Gasteiger partial charge in [0.15, 0.2) is 0 Å². The van der Waals surface area contributed by atoms with E-state index < -0.39 is 0 Å². The molecule has 124 valence electrons. The second-order valence-corrected chi connectivity index (χ2v) is 7.14. The lowest BCUT2D eigenvalue weighted by atomic mass is 9.86. The van der Waals surface area contributed by atoms with Crippen molar-refractivity contribution in [3.63, 3.8) is 0 Å². The summed E-state index contributed by atoms with van der Waals surface area (Å²) < 4.78 is 1.77. The van der Waals surface area contributed by atoms with Gasteiger partial charge in [-0.25, -0.2) is 0 Å². The van der Waals surface area contributed by atoms with Gasteiger partial charge in [-0.2, -0.15) is 0 Å². The third-order valence-electron chi connectivity index (χ3n) is 5.79. The van der Waals surface area contributed by atoms with Gasteiger partial charge >= 0.3 is 0 Å². The van der Waals surface area contributed by atoms with Gasteiger partial charge in [0.2, 0.25) is 5.91 Å². The van der Waals surface area contributed by atoms with Crippen molar-refractivity contribution in [1.29, 1.82) is 0 Å². The van der Waals surface area contributed by atoms with Gasteiger partial charge < -0.3 is 15.0 Å². The molecule has 1 aromatic heterocycles. The summed E-state index contributed by atoms with van der Waals surface area (Å²) in [5, 5.41) is 13.0. The quantitative estimate of drug-likeness (QED) is 0.818. The summed E-state index contributed by atoms with van der Waals surface area (Å²) in [5.41, 5.74) is 0.861. The molecule has 2 aliphatic heterocycles. The monoisotopic (exact) mass is 317 g/mol. The van der Waals surface area contributed by atoms with Crippen LogP contribution < -0.4 is 10.9 Å². The van der Waals surface area contributed by atoms with E-state index in [1.54, 1.807) is 16.7 Å². The average Bonchev–Trinajstić information content (AvgIpc) is 3.33. The summed E-state index contributed by atoms with van der Waals surface area (Å²) in [7, 11) is 1.99. The van der Waals surface area contributed by atoms with E-state index in [0.29, 0.717) is 12.5 Å². The number of pyridine rings is 1. The minimum Gasteiger partial charge on any atom is -0.396 e. The number of amides is 1. The number of rotatable bonds is 4. The van der Waals surface area contributed by atoms with E-state index in [0.717, 1.165) is 12.2 Å². The summed E-state index contributed by atoms with van der Waals surface area (Å²) in [4.78, 5) is 27.1. The molecule has 6 nitrogen and oxygen atoms in total. The number of likely N-dealkylation sites (N-methyl/N-ethyl adjacent to an activating group) is 1. The molecular weight excluding hydrogens is 294 g/mol. The van der Waals surface area contributed by atoms with E-state index >= 15 is 0 Å². The molecule has 3 heterocycles. The van der Waals surface area contributed by atoms with E-state index in [1.165, 1.54) is 12.8 Å². The number of fused-ring (bicyclic) bond motifs is 4. The lowest BCUT2D eigenvalue weighted by Gasteiger charge is -2.35. The fourth-order valence-electron chi connectivity index (χ4n) is 4.33. The van der Waals surface area contributed by atoms with Crippen molar-refractivity contribution in [1.82, 2.24) is 14.8 Å². The number of hydrogen-bond donors (Lipinski definition) is 2. The van der Waals surface area contributed by atoms with Gasteiger partial charge in [0.05, 0.1) is 12.0 Å². The molecule has 1 saturated heterocycles. The summed E-state index contributed by atoms with van der Waals surface area (Å²) in [6.45, 7) is 1.24. The first-order valence-corrected chi connectivity index (χ1v) is 8.42. The van der Waals surface area contributed by atoms with Crippen LogP contribution in [0.2, 0.25) is 0 Å². The Morgan fingerprint density at radius 3 is 2.87 bits per heavy atom. The molecule has 1 saturated carbocycles. The molecule has 4 rings (SSSR count). The minimum atomic E-state index is -0.302. The number of carbonyl (C=O) groups excluding carboxylic acids is 1. The van der Waals surface area contributed by atoms with E-state index in [1.807, 2.05) is 13.1 Å². The molecule has 1 aliphatic carbocycles. The van der Waals surface area contributed by atoms with Gasteiger partial charge in [-0.3, -0.25) is 14.5 Å². The van der Waals surface area contributed by atoms with Gasteiger partial charge in [0, 0.05) is 43.4 Å². The molecule has 1 aromatic rings.